The van der Waals surface area contributed by atoms with Gasteiger partial charge in [0.15, 0.2) is 0 Å². The predicted octanol–water partition coefficient (Wildman–Crippen LogP) is 1.12. The number of amides is 2. The fourth-order valence-corrected chi connectivity index (χ4v) is 2.69. The van der Waals surface area contributed by atoms with E-state index in [4.69, 9.17) is 38.3 Å². The Bertz CT molecular complexity index is 747. The van der Waals surface area contributed by atoms with Gasteiger partial charge in [-0.3, -0.25) is 0 Å². The maximum absolute atomic E-state index is 11.7. The molecule has 0 heterocycles. The Balaban J connectivity index is 4.28. The molecule has 0 rings (SSSR count). The smallest absolute Gasteiger partial charge is 0.407 e. The Hall–Kier alpha value is -3.20. The first kappa shape index (κ1) is 36.8. The van der Waals surface area contributed by atoms with E-state index in [9.17, 15) is 19.2 Å². The molecule has 0 atom stereocenters. The van der Waals surface area contributed by atoms with E-state index in [-0.39, 0.29) is 96.9 Å². The molecule has 40 heavy (non-hydrogen) atoms. The van der Waals surface area contributed by atoms with Crippen LogP contribution in [0.4, 0.5) is 9.59 Å². The fraction of sp³-hybridized carbons (Fsp3) is 0.692. The first-order valence-corrected chi connectivity index (χ1v) is 12.9. The van der Waals surface area contributed by atoms with E-state index in [0.717, 1.165) is 0 Å². The summed E-state index contributed by atoms with van der Waals surface area (Å²) in [5.74, 6) is -1.08. The maximum Gasteiger partial charge on any atom is 0.407 e. The summed E-state index contributed by atoms with van der Waals surface area (Å²) < 4.78 is 36.7. The molecule has 0 aliphatic heterocycles. The average Bonchev–Trinajstić information content (AvgIpc) is 2.92. The molecule has 0 spiro atoms. The highest BCUT2D eigenvalue weighted by Crippen LogP contribution is 2.24. The van der Waals surface area contributed by atoms with Crippen molar-refractivity contribution >= 4 is 24.1 Å². The zero-order valence-electron chi connectivity index (χ0n) is 23.8. The van der Waals surface area contributed by atoms with Crippen LogP contribution >= 0.6 is 0 Å². The lowest BCUT2D eigenvalue weighted by Crippen LogP contribution is -2.38. The molecule has 14 heteroatoms. The van der Waals surface area contributed by atoms with Gasteiger partial charge in [-0.1, -0.05) is 20.1 Å². The Morgan fingerprint density at radius 1 is 0.650 bits per heavy atom. The Labute approximate surface area is 235 Å². The summed E-state index contributed by atoms with van der Waals surface area (Å²) >= 11 is 0. The van der Waals surface area contributed by atoms with Crippen LogP contribution in [0.5, 0.6) is 0 Å². The quantitative estimate of drug-likeness (QED) is 0.0684. The normalized spacial score (nSPS) is 10.8. The number of alkyl carbamates (subject to hydrolysis) is 2. The third-order valence-corrected chi connectivity index (χ3v) is 5.04. The van der Waals surface area contributed by atoms with Crippen LogP contribution in [-0.2, 0) is 42.7 Å². The van der Waals surface area contributed by atoms with Gasteiger partial charge in [-0.25, -0.2) is 19.2 Å². The summed E-state index contributed by atoms with van der Waals surface area (Å²) in [4.78, 5) is 46.0. The van der Waals surface area contributed by atoms with E-state index in [1.54, 1.807) is 0 Å². The first-order valence-electron chi connectivity index (χ1n) is 12.9. The van der Waals surface area contributed by atoms with Gasteiger partial charge in [0, 0.05) is 16.6 Å². The minimum atomic E-state index is -0.678. The number of nitrogens with one attached hydrogen (secondary N) is 2. The zero-order chi connectivity index (χ0) is 30.2. The van der Waals surface area contributed by atoms with Crippen molar-refractivity contribution in [2.24, 2.45) is 5.41 Å². The highest BCUT2D eigenvalue weighted by Gasteiger charge is 2.30. The van der Waals surface area contributed by atoms with Crippen molar-refractivity contribution in [1.82, 2.24) is 10.6 Å². The van der Waals surface area contributed by atoms with Crippen molar-refractivity contribution in [2.75, 3.05) is 85.8 Å². The summed E-state index contributed by atoms with van der Waals surface area (Å²) in [5.41, 5.74) is -0.0218. The summed E-state index contributed by atoms with van der Waals surface area (Å²) in [6.07, 6.45) is -0.737. The first-order chi connectivity index (χ1) is 19.1. The number of aliphatic hydroxyl groups excluding tert-OH is 1. The zero-order valence-corrected chi connectivity index (χ0v) is 23.8. The molecule has 0 aliphatic rings. The summed E-state index contributed by atoms with van der Waals surface area (Å²) in [5, 5.41) is 13.9. The van der Waals surface area contributed by atoms with Gasteiger partial charge in [-0.05, 0) is 20.3 Å². The van der Waals surface area contributed by atoms with Crippen molar-refractivity contribution in [1.29, 1.82) is 0 Å². The van der Waals surface area contributed by atoms with Gasteiger partial charge in [0.25, 0.3) is 0 Å². The van der Waals surface area contributed by atoms with Crippen molar-refractivity contribution < 1.29 is 57.4 Å². The Morgan fingerprint density at radius 2 is 1.05 bits per heavy atom. The van der Waals surface area contributed by atoms with Crippen molar-refractivity contribution in [3.63, 3.8) is 0 Å². The molecule has 0 aromatic carbocycles. The fourth-order valence-electron chi connectivity index (χ4n) is 2.69. The van der Waals surface area contributed by atoms with Crippen LogP contribution < -0.4 is 10.6 Å². The molecule has 0 unspecified atom stereocenters. The van der Waals surface area contributed by atoms with Crippen LogP contribution in [0.3, 0.4) is 0 Å². The van der Waals surface area contributed by atoms with Gasteiger partial charge >= 0.3 is 24.1 Å². The molecular weight excluding hydrogens is 532 g/mol. The van der Waals surface area contributed by atoms with Gasteiger partial charge in [0.2, 0.25) is 0 Å². The van der Waals surface area contributed by atoms with Crippen LogP contribution in [0, 0.1) is 5.41 Å². The number of hydrogen-bond donors (Lipinski definition) is 3. The number of esters is 2. The Kier molecular flexibility index (Phi) is 20.8. The van der Waals surface area contributed by atoms with E-state index in [1.165, 1.54) is 13.8 Å². The highest BCUT2D eigenvalue weighted by molar-refractivity contribution is 5.87. The Morgan fingerprint density at radius 3 is 1.40 bits per heavy atom. The molecule has 230 valence electrons. The molecular formula is C26H44N2O12. The second kappa shape index (κ2) is 22.6. The topological polar surface area (TPSA) is 177 Å². The van der Waals surface area contributed by atoms with Crippen molar-refractivity contribution in [3.05, 3.63) is 24.3 Å². The van der Waals surface area contributed by atoms with Gasteiger partial charge in [0.1, 0.15) is 26.4 Å². The number of rotatable bonds is 23. The van der Waals surface area contributed by atoms with Crippen LogP contribution in [-0.4, -0.2) is 115 Å². The molecule has 0 aliphatic carbocycles. The number of aliphatic hydroxyl groups is 1. The molecule has 0 saturated heterocycles. The second-order valence-corrected chi connectivity index (χ2v) is 8.69. The molecule has 2 amide bonds. The van der Waals surface area contributed by atoms with Crippen LogP contribution in [0.25, 0.3) is 0 Å². The van der Waals surface area contributed by atoms with Crippen molar-refractivity contribution in [3.8, 4) is 0 Å². The molecule has 0 aromatic rings. The van der Waals surface area contributed by atoms with Crippen LogP contribution in [0.1, 0.15) is 27.2 Å². The molecule has 0 fully saturated rings. The number of ether oxygens (including phenoxy) is 7. The van der Waals surface area contributed by atoms with E-state index < -0.39 is 29.5 Å². The summed E-state index contributed by atoms with van der Waals surface area (Å²) in [6.45, 7) is 13.0. The van der Waals surface area contributed by atoms with E-state index >= 15 is 0 Å². The minimum Gasteiger partial charge on any atom is -0.460 e. The van der Waals surface area contributed by atoms with Crippen LogP contribution in [0.2, 0.25) is 0 Å². The summed E-state index contributed by atoms with van der Waals surface area (Å²) in [6, 6.07) is 0. The number of carbonyl (C=O) groups excluding carboxylic acids is 4. The van der Waals surface area contributed by atoms with E-state index in [1.807, 2.05) is 6.92 Å². The van der Waals surface area contributed by atoms with Gasteiger partial charge in [-0.15, -0.1) is 0 Å². The van der Waals surface area contributed by atoms with E-state index in [2.05, 4.69) is 23.8 Å². The molecule has 0 bridgehead atoms. The molecule has 0 aromatic heterocycles. The number of hydrogen-bond acceptors (Lipinski definition) is 12. The molecule has 14 nitrogen and oxygen atoms in total. The standard InChI is InChI=1S/C26H44N2O12/c1-6-26(17-34-12-9-29,18-35-13-15-39-24(32)27-7-10-37-22(30)20(2)3)19-36-14-16-40-25(33)28-8-11-38-23(31)21(4)5/h29H,2,4,6-19H2,1,3,5H3,(H,27,32)(H,28,33). The highest BCUT2D eigenvalue weighted by atomic mass is 16.6. The largest absolute Gasteiger partial charge is 0.460 e. The lowest BCUT2D eigenvalue weighted by atomic mass is 9.88. The maximum atomic E-state index is 11.7. The third kappa shape index (κ3) is 19.0. The lowest BCUT2D eigenvalue weighted by Gasteiger charge is -2.32. The molecule has 3 N–H and O–H groups in total. The minimum absolute atomic E-state index is 0.00711. The molecule has 0 radical (unpaired) electrons. The average molecular weight is 577 g/mol. The number of carbonyl (C=O) groups is 4. The van der Waals surface area contributed by atoms with Gasteiger partial charge in [-0.2, -0.15) is 0 Å². The lowest BCUT2D eigenvalue weighted by molar-refractivity contribution is -0.139. The van der Waals surface area contributed by atoms with Crippen molar-refractivity contribution in [2.45, 2.75) is 27.2 Å². The predicted molar refractivity (Wildman–Crippen MR) is 143 cm³/mol. The van der Waals surface area contributed by atoms with Crippen LogP contribution in [0.15, 0.2) is 24.3 Å². The second-order valence-electron chi connectivity index (χ2n) is 8.69. The summed E-state index contributed by atoms with van der Waals surface area (Å²) in [7, 11) is 0. The van der Waals surface area contributed by atoms with Gasteiger partial charge < -0.3 is 48.9 Å². The van der Waals surface area contributed by atoms with Gasteiger partial charge in [0.05, 0.1) is 59.3 Å². The van der Waals surface area contributed by atoms with E-state index in [0.29, 0.717) is 6.42 Å². The third-order valence-electron chi connectivity index (χ3n) is 5.04. The monoisotopic (exact) mass is 576 g/mol. The SMILES string of the molecule is C=C(C)C(=O)OCCNC(=O)OCCOCC(CC)(COCCO)COCCOC(=O)NCCOC(=O)C(=C)C. The molecule has 0 saturated carbocycles.